The van der Waals surface area contributed by atoms with Gasteiger partial charge in [0.25, 0.3) is 0 Å². The molecule has 1 heterocycles. The van der Waals surface area contributed by atoms with Crippen LogP contribution in [0.4, 0.5) is 0 Å². The summed E-state index contributed by atoms with van der Waals surface area (Å²) in [6.45, 7) is 2.22. The third kappa shape index (κ3) is 1.92. The van der Waals surface area contributed by atoms with Crippen molar-refractivity contribution in [2.24, 2.45) is 5.92 Å². The van der Waals surface area contributed by atoms with Crippen molar-refractivity contribution < 1.29 is 13.9 Å². The van der Waals surface area contributed by atoms with E-state index in [0.717, 1.165) is 25.7 Å². The Bertz CT molecular complexity index is 345. The number of carbonyl (C=O) groups excluding carboxylic acids is 1. The van der Waals surface area contributed by atoms with Crippen LogP contribution >= 0.6 is 0 Å². The number of hydrogen-bond donors (Lipinski definition) is 0. The average Bonchev–Trinajstić information content (AvgIpc) is 2.83. The van der Waals surface area contributed by atoms with Gasteiger partial charge < -0.3 is 9.15 Å². The van der Waals surface area contributed by atoms with Gasteiger partial charge in [-0.05, 0) is 37.7 Å². The Hall–Kier alpha value is -1.09. The van der Waals surface area contributed by atoms with Gasteiger partial charge in [0.15, 0.2) is 5.78 Å². The summed E-state index contributed by atoms with van der Waals surface area (Å²) in [5, 5.41) is 0. The lowest BCUT2D eigenvalue weighted by atomic mass is 9.76. The zero-order valence-electron chi connectivity index (χ0n) is 9.86. The van der Waals surface area contributed by atoms with E-state index >= 15 is 0 Å². The van der Waals surface area contributed by atoms with Crippen molar-refractivity contribution >= 4 is 5.78 Å². The molecule has 1 saturated carbocycles. The normalized spacial score (nSPS) is 30.2. The Morgan fingerprint density at radius 2 is 2.19 bits per heavy atom. The van der Waals surface area contributed by atoms with Crippen molar-refractivity contribution in [3.8, 4) is 0 Å². The first kappa shape index (κ1) is 11.4. The third-order valence-corrected chi connectivity index (χ3v) is 3.67. The summed E-state index contributed by atoms with van der Waals surface area (Å²) in [5.41, 5.74) is 0.00697. The standard InChI is InChI=1S/C13H18O3/c1-10-3-6-13(15-2,7-4-10)12(14)11-5-8-16-9-11/h5,8-10H,3-4,6-7H2,1-2H3. The van der Waals surface area contributed by atoms with Gasteiger partial charge in [-0.1, -0.05) is 6.92 Å². The summed E-state index contributed by atoms with van der Waals surface area (Å²) in [6.07, 6.45) is 6.77. The predicted molar refractivity (Wildman–Crippen MR) is 60.4 cm³/mol. The summed E-state index contributed by atoms with van der Waals surface area (Å²) in [5.74, 6) is 0.760. The molecule has 0 bridgehead atoms. The van der Waals surface area contributed by atoms with Crippen molar-refractivity contribution in [3.05, 3.63) is 24.2 Å². The zero-order valence-corrected chi connectivity index (χ0v) is 9.86. The Balaban J connectivity index is 2.19. The molecule has 0 amide bonds. The van der Waals surface area contributed by atoms with Crippen LogP contribution < -0.4 is 0 Å². The van der Waals surface area contributed by atoms with Crippen molar-refractivity contribution in [2.75, 3.05) is 7.11 Å². The maximum absolute atomic E-state index is 12.3. The molecule has 0 spiro atoms. The fourth-order valence-electron chi connectivity index (χ4n) is 2.41. The van der Waals surface area contributed by atoms with E-state index in [4.69, 9.17) is 9.15 Å². The highest BCUT2D eigenvalue weighted by atomic mass is 16.5. The van der Waals surface area contributed by atoms with Crippen LogP contribution in [0.1, 0.15) is 43.0 Å². The van der Waals surface area contributed by atoms with Gasteiger partial charge in [-0.25, -0.2) is 0 Å². The van der Waals surface area contributed by atoms with E-state index in [1.807, 2.05) is 0 Å². The minimum absolute atomic E-state index is 0.0654. The number of methoxy groups -OCH3 is 1. The second kappa shape index (κ2) is 4.42. The van der Waals surface area contributed by atoms with Crippen LogP contribution in [0.2, 0.25) is 0 Å². The molecule has 0 radical (unpaired) electrons. The maximum atomic E-state index is 12.3. The first-order valence-corrected chi connectivity index (χ1v) is 5.80. The Morgan fingerprint density at radius 3 is 2.69 bits per heavy atom. The van der Waals surface area contributed by atoms with Gasteiger partial charge >= 0.3 is 0 Å². The summed E-state index contributed by atoms with van der Waals surface area (Å²) in [7, 11) is 1.63. The number of rotatable bonds is 3. The highest BCUT2D eigenvalue weighted by Gasteiger charge is 2.41. The molecular weight excluding hydrogens is 204 g/mol. The molecule has 1 fully saturated rings. The number of carbonyl (C=O) groups is 1. The van der Waals surface area contributed by atoms with Crippen LogP contribution in [0.15, 0.2) is 23.0 Å². The fourth-order valence-corrected chi connectivity index (χ4v) is 2.41. The van der Waals surface area contributed by atoms with E-state index in [0.29, 0.717) is 11.5 Å². The highest BCUT2D eigenvalue weighted by Crippen LogP contribution is 2.36. The molecule has 2 rings (SSSR count). The molecule has 88 valence electrons. The first-order chi connectivity index (χ1) is 7.68. The van der Waals surface area contributed by atoms with Crippen LogP contribution in [0.25, 0.3) is 0 Å². The lowest BCUT2D eigenvalue weighted by Gasteiger charge is -2.36. The first-order valence-electron chi connectivity index (χ1n) is 5.80. The average molecular weight is 222 g/mol. The number of ether oxygens (including phenoxy) is 1. The Morgan fingerprint density at radius 1 is 1.50 bits per heavy atom. The van der Waals surface area contributed by atoms with E-state index in [1.54, 1.807) is 13.2 Å². The molecule has 3 heteroatoms. The largest absolute Gasteiger partial charge is 0.472 e. The molecule has 3 nitrogen and oxygen atoms in total. The summed E-state index contributed by atoms with van der Waals surface area (Å²) < 4.78 is 10.5. The van der Waals surface area contributed by atoms with Gasteiger partial charge in [-0.3, -0.25) is 4.79 Å². The molecule has 0 saturated heterocycles. The zero-order chi connectivity index (χ0) is 11.6. The van der Waals surface area contributed by atoms with Crippen LogP contribution in [-0.2, 0) is 4.74 Å². The molecule has 16 heavy (non-hydrogen) atoms. The number of furan rings is 1. The summed E-state index contributed by atoms with van der Waals surface area (Å²) in [4.78, 5) is 12.3. The van der Waals surface area contributed by atoms with Crippen LogP contribution in [0.3, 0.4) is 0 Å². The van der Waals surface area contributed by atoms with E-state index in [9.17, 15) is 4.79 Å². The topological polar surface area (TPSA) is 39.4 Å². The second-order valence-electron chi connectivity index (χ2n) is 4.72. The van der Waals surface area contributed by atoms with Crippen molar-refractivity contribution in [2.45, 2.75) is 38.2 Å². The van der Waals surface area contributed by atoms with Crippen molar-refractivity contribution in [1.82, 2.24) is 0 Å². The van der Waals surface area contributed by atoms with Crippen molar-refractivity contribution in [3.63, 3.8) is 0 Å². The molecule has 0 atom stereocenters. The minimum atomic E-state index is -0.615. The van der Waals surface area contributed by atoms with Gasteiger partial charge in [0.2, 0.25) is 0 Å². The predicted octanol–water partition coefficient (Wildman–Crippen LogP) is 3.06. The third-order valence-electron chi connectivity index (χ3n) is 3.67. The molecule has 1 aromatic heterocycles. The highest BCUT2D eigenvalue weighted by molar-refractivity contribution is 6.02. The number of hydrogen-bond acceptors (Lipinski definition) is 3. The fraction of sp³-hybridized carbons (Fsp3) is 0.615. The van der Waals surface area contributed by atoms with E-state index in [-0.39, 0.29) is 5.78 Å². The molecule has 0 N–H and O–H groups in total. The number of ketones is 1. The monoisotopic (exact) mass is 222 g/mol. The summed E-state index contributed by atoms with van der Waals surface area (Å²) >= 11 is 0. The lowest BCUT2D eigenvalue weighted by molar-refractivity contribution is -0.0263. The minimum Gasteiger partial charge on any atom is -0.472 e. The Kier molecular flexibility index (Phi) is 3.15. The second-order valence-corrected chi connectivity index (χ2v) is 4.72. The van der Waals surface area contributed by atoms with Gasteiger partial charge in [0.05, 0.1) is 11.8 Å². The molecule has 1 aliphatic carbocycles. The van der Waals surface area contributed by atoms with E-state index < -0.39 is 5.60 Å². The van der Waals surface area contributed by atoms with E-state index in [1.165, 1.54) is 12.5 Å². The maximum Gasteiger partial charge on any atom is 0.197 e. The smallest absolute Gasteiger partial charge is 0.197 e. The molecular formula is C13H18O3. The van der Waals surface area contributed by atoms with Crippen molar-refractivity contribution in [1.29, 1.82) is 0 Å². The van der Waals surface area contributed by atoms with Gasteiger partial charge in [0.1, 0.15) is 11.9 Å². The quantitative estimate of drug-likeness (QED) is 0.738. The molecule has 0 unspecified atom stereocenters. The van der Waals surface area contributed by atoms with Gasteiger partial charge in [0, 0.05) is 7.11 Å². The molecule has 1 aromatic rings. The SMILES string of the molecule is COC1(C(=O)c2ccoc2)CCC(C)CC1. The summed E-state index contributed by atoms with van der Waals surface area (Å²) in [6, 6.07) is 1.71. The Labute approximate surface area is 95.8 Å². The van der Waals surface area contributed by atoms with Crippen LogP contribution in [-0.4, -0.2) is 18.5 Å². The molecule has 0 aliphatic heterocycles. The van der Waals surface area contributed by atoms with Crippen LogP contribution in [0, 0.1) is 5.92 Å². The lowest BCUT2D eigenvalue weighted by Crippen LogP contribution is -2.43. The molecule has 0 aromatic carbocycles. The van der Waals surface area contributed by atoms with Gasteiger partial charge in [-0.15, -0.1) is 0 Å². The van der Waals surface area contributed by atoms with E-state index in [2.05, 4.69) is 6.92 Å². The molecule has 1 aliphatic rings. The van der Waals surface area contributed by atoms with Gasteiger partial charge in [-0.2, -0.15) is 0 Å². The number of Topliss-reactive ketones (excluding diaryl/α,β-unsaturated/α-hetero) is 1. The van der Waals surface area contributed by atoms with Crippen LogP contribution in [0.5, 0.6) is 0 Å².